The van der Waals surface area contributed by atoms with Crippen LogP contribution in [0.15, 0.2) is 0 Å². The highest BCUT2D eigenvalue weighted by Crippen LogP contribution is 2.17. The van der Waals surface area contributed by atoms with Gasteiger partial charge >= 0.3 is 5.97 Å². The number of sulfone groups is 1. The second-order valence-corrected chi connectivity index (χ2v) is 5.92. The normalized spacial score (nSPS) is 24.3. The smallest absolute Gasteiger partial charge is 0.319 e. The molecule has 1 aliphatic rings. The molecule has 1 heterocycles. The molecule has 1 fully saturated rings. The summed E-state index contributed by atoms with van der Waals surface area (Å²) in [6.07, 6.45) is 0.618. The number of ether oxygens (including phenoxy) is 1. The highest BCUT2D eigenvalue weighted by atomic mass is 32.2. The van der Waals surface area contributed by atoms with Gasteiger partial charge in [-0.3, -0.25) is 9.69 Å². The van der Waals surface area contributed by atoms with Crippen LogP contribution in [0.3, 0.4) is 0 Å². The molecule has 0 spiro atoms. The van der Waals surface area contributed by atoms with Crippen molar-refractivity contribution in [2.45, 2.75) is 19.4 Å². The van der Waals surface area contributed by atoms with Crippen molar-refractivity contribution < 1.29 is 17.9 Å². The molecule has 5 nitrogen and oxygen atoms in total. The lowest BCUT2D eigenvalue weighted by atomic mass is 10.2. The molecular weight excluding hydrogens is 218 g/mol. The molecule has 1 saturated heterocycles. The molecule has 0 aliphatic carbocycles. The van der Waals surface area contributed by atoms with Crippen LogP contribution in [-0.2, 0) is 19.4 Å². The van der Waals surface area contributed by atoms with Crippen molar-refractivity contribution in [3.8, 4) is 0 Å². The zero-order valence-electron chi connectivity index (χ0n) is 9.10. The maximum Gasteiger partial charge on any atom is 0.319 e. The molecule has 0 aromatic rings. The van der Waals surface area contributed by atoms with Crippen molar-refractivity contribution in [2.24, 2.45) is 0 Å². The summed E-state index contributed by atoms with van der Waals surface area (Å²) in [6, 6.07) is -0.0286. The number of carbonyl (C=O) groups excluding carboxylic acids is 1. The predicted octanol–water partition coefficient (Wildman–Crippen LogP) is -0.332. The number of esters is 1. The Hall–Kier alpha value is -0.620. The minimum Gasteiger partial charge on any atom is -0.468 e. The Morgan fingerprint density at radius 1 is 1.53 bits per heavy atom. The fourth-order valence-electron chi connectivity index (χ4n) is 1.79. The monoisotopic (exact) mass is 235 g/mol. The maximum absolute atomic E-state index is 11.3. The van der Waals surface area contributed by atoms with E-state index in [9.17, 15) is 13.2 Å². The van der Waals surface area contributed by atoms with Gasteiger partial charge in [-0.15, -0.1) is 0 Å². The summed E-state index contributed by atoms with van der Waals surface area (Å²) in [7, 11) is -1.55. The lowest BCUT2D eigenvalue weighted by molar-refractivity contribution is -0.142. The van der Waals surface area contributed by atoms with Gasteiger partial charge in [0.25, 0.3) is 0 Å². The number of hydrogen-bond acceptors (Lipinski definition) is 5. The van der Waals surface area contributed by atoms with Gasteiger partial charge in [0.2, 0.25) is 0 Å². The third kappa shape index (κ3) is 3.46. The molecular formula is C9H17NO4S. The highest BCUT2D eigenvalue weighted by molar-refractivity contribution is 7.91. The van der Waals surface area contributed by atoms with Gasteiger partial charge in [-0.05, 0) is 13.0 Å². The molecule has 1 aliphatic heterocycles. The predicted molar refractivity (Wildman–Crippen MR) is 56.3 cm³/mol. The molecule has 0 saturated carbocycles. The number of likely N-dealkylation sites (N-methyl/N-ethyl adjacent to an activating group) is 1. The van der Waals surface area contributed by atoms with Gasteiger partial charge in [0.15, 0.2) is 9.84 Å². The molecule has 15 heavy (non-hydrogen) atoms. The lowest BCUT2D eigenvalue weighted by Crippen LogP contribution is -2.40. The van der Waals surface area contributed by atoms with E-state index in [2.05, 4.69) is 4.74 Å². The number of methoxy groups -OCH3 is 1. The van der Waals surface area contributed by atoms with Gasteiger partial charge < -0.3 is 4.74 Å². The van der Waals surface area contributed by atoms with Gasteiger partial charge in [-0.1, -0.05) is 6.92 Å². The first-order chi connectivity index (χ1) is 6.98. The minimum absolute atomic E-state index is 0.0286. The molecule has 1 rings (SSSR count). The van der Waals surface area contributed by atoms with Crippen LogP contribution in [0, 0.1) is 0 Å². The van der Waals surface area contributed by atoms with Crippen LogP contribution < -0.4 is 0 Å². The van der Waals surface area contributed by atoms with Crippen molar-refractivity contribution in [1.29, 1.82) is 0 Å². The van der Waals surface area contributed by atoms with Crippen molar-refractivity contribution in [2.75, 3.05) is 31.7 Å². The molecule has 0 bridgehead atoms. The van der Waals surface area contributed by atoms with E-state index < -0.39 is 9.84 Å². The van der Waals surface area contributed by atoms with E-state index in [-0.39, 0.29) is 30.1 Å². The first-order valence-corrected chi connectivity index (χ1v) is 6.82. The van der Waals surface area contributed by atoms with Gasteiger partial charge in [-0.2, -0.15) is 0 Å². The zero-order valence-corrected chi connectivity index (χ0v) is 9.92. The van der Waals surface area contributed by atoms with Crippen LogP contribution in [0.1, 0.15) is 13.3 Å². The van der Waals surface area contributed by atoms with Crippen LogP contribution in [0.25, 0.3) is 0 Å². The summed E-state index contributed by atoms with van der Waals surface area (Å²) in [5, 5.41) is 0. The summed E-state index contributed by atoms with van der Waals surface area (Å²) in [5.74, 6) is 0.0776. The average molecular weight is 235 g/mol. The van der Waals surface area contributed by atoms with Crippen molar-refractivity contribution in [3.63, 3.8) is 0 Å². The maximum atomic E-state index is 11.3. The number of nitrogens with zero attached hydrogens (tertiary/aromatic N) is 1. The van der Waals surface area contributed by atoms with Crippen molar-refractivity contribution in [3.05, 3.63) is 0 Å². The third-order valence-electron chi connectivity index (χ3n) is 2.69. The molecule has 88 valence electrons. The van der Waals surface area contributed by atoms with Gasteiger partial charge in [0, 0.05) is 6.04 Å². The Labute approximate surface area is 90.3 Å². The van der Waals surface area contributed by atoms with Crippen LogP contribution in [0.5, 0.6) is 0 Å². The molecule has 1 unspecified atom stereocenters. The number of hydrogen-bond donors (Lipinski definition) is 0. The summed E-state index contributed by atoms with van der Waals surface area (Å²) in [5.41, 5.74) is 0. The largest absolute Gasteiger partial charge is 0.468 e. The van der Waals surface area contributed by atoms with E-state index in [1.54, 1.807) is 0 Å². The molecule has 0 radical (unpaired) electrons. The highest BCUT2D eigenvalue weighted by Gasteiger charge is 2.32. The van der Waals surface area contributed by atoms with Crippen molar-refractivity contribution in [1.82, 2.24) is 4.90 Å². The van der Waals surface area contributed by atoms with E-state index in [0.29, 0.717) is 13.0 Å². The molecule has 0 amide bonds. The third-order valence-corrected chi connectivity index (χ3v) is 4.44. The standard InChI is InChI=1S/C9H17NO4S/c1-3-10(6-9(11)14-2)8-4-5-15(12,13)7-8/h8H,3-7H2,1-2H3. The summed E-state index contributed by atoms with van der Waals surface area (Å²) < 4.78 is 27.1. The Morgan fingerprint density at radius 3 is 2.60 bits per heavy atom. The second-order valence-electron chi connectivity index (χ2n) is 3.70. The number of rotatable bonds is 4. The van der Waals surface area contributed by atoms with Crippen LogP contribution >= 0.6 is 0 Å². The summed E-state index contributed by atoms with van der Waals surface area (Å²) >= 11 is 0. The minimum atomic E-state index is -2.89. The van der Waals surface area contributed by atoms with Crippen LogP contribution in [0.2, 0.25) is 0 Å². The Balaban J connectivity index is 2.57. The van der Waals surface area contributed by atoms with Crippen LogP contribution in [-0.4, -0.2) is 57.0 Å². The van der Waals surface area contributed by atoms with Gasteiger partial charge in [0.1, 0.15) is 0 Å². The van der Waals surface area contributed by atoms with Gasteiger partial charge in [0.05, 0.1) is 25.2 Å². The summed E-state index contributed by atoms with van der Waals surface area (Å²) in [4.78, 5) is 12.9. The molecule has 6 heteroatoms. The molecule has 1 atom stereocenters. The van der Waals surface area contributed by atoms with E-state index >= 15 is 0 Å². The Kier molecular flexibility index (Phi) is 4.10. The van der Waals surface area contributed by atoms with E-state index in [0.717, 1.165) is 0 Å². The van der Waals surface area contributed by atoms with Crippen molar-refractivity contribution >= 4 is 15.8 Å². The Morgan fingerprint density at radius 2 is 2.20 bits per heavy atom. The quantitative estimate of drug-likeness (QED) is 0.624. The SMILES string of the molecule is CCN(CC(=O)OC)C1CCS(=O)(=O)C1. The first kappa shape index (κ1) is 12.4. The fraction of sp³-hybridized carbons (Fsp3) is 0.889. The molecule has 0 aromatic carbocycles. The van der Waals surface area contributed by atoms with E-state index in [1.165, 1.54) is 7.11 Å². The average Bonchev–Trinajstić information content (AvgIpc) is 2.54. The number of carbonyl (C=O) groups is 1. The molecule has 0 aromatic heterocycles. The van der Waals surface area contributed by atoms with Gasteiger partial charge in [-0.25, -0.2) is 8.42 Å². The van der Waals surface area contributed by atoms with E-state index in [4.69, 9.17) is 0 Å². The topological polar surface area (TPSA) is 63.7 Å². The second kappa shape index (κ2) is 4.94. The lowest BCUT2D eigenvalue weighted by Gasteiger charge is -2.24. The fourth-order valence-corrected chi connectivity index (χ4v) is 3.55. The Bertz CT molecular complexity index is 325. The first-order valence-electron chi connectivity index (χ1n) is 4.99. The van der Waals surface area contributed by atoms with Crippen LogP contribution in [0.4, 0.5) is 0 Å². The molecule has 0 N–H and O–H groups in total. The zero-order chi connectivity index (χ0) is 11.5. The summed E-state index contributed by atoms with van der Waals surface area (Å²) in [6.45, 7) is 2.75. The van der Waals surface area contributed by atoms with E-state index in [1.807, 2.05) is 11.8 Å².